The van der Waals surface area contributed by atoms with E-state index in [-0.39, 0.29) is 6.54 Å². The van der Waals surface area contributed by atoms with Crippen LogP contribution in [0.4, 0.5) is 10.5 Å². The summed E-state index contributed by atoms with van der Waals surface area (Å²) in [5.74, 6) is -0.540. The number of halogens is 1. The lowest BCUT2D eigenvalue weighted by atomic mass is 10.3. The van der Waals surface area contributed by atoms with Gasteiger partial charge in [0.25, 0.3) is 11.8 Å². The molecule has 1 aliphatic heterocycles. The Morgan fingerprint density at radius 1 is 1.08 bits per heavy atom. The molecule has 1 aliphatic rings. The van der Waals surface area contributed by atoms with E-state index in [0.29, 0.717) is 16.5 Å². The van der Waals surface area contributed by atoms with Gasteiger partial charge in [-0.25, -0.2) is 9.69 Å². The van der Waals surface area contributed by atoms with Crippen molar-refractivity contribution in [1.29, 1.82) is 0 Å². The molecule has 0 radical (unpaired) electrons. The van der Waals surface area contributed by atoms with Crippen LogP contribution >= 0.6 is 11.6 Å². The normalized spacial score (nSPS) is 15.4. The molecule has 0 saturated carbocycles. The Labute approximate surface area is 149 Å². The number of nitrogens with zero attached hydrogens (tertiary/aromatic N) is 2. The van der Waals surface area contributed by atoms with Crippen molar-refractivity contribution in [3.63, 3.8) is 0 Å². The summed E-state index contributed by atoms with van der Waals surface area (Å²) in [5.41, 5.74) is 0.367. The number of benzene rings is 2. The standard InChI is InChI=1S/C18H15ClN2O4/c1-12(25-15-5-3-2-4-6-15)17(23)20-11-16(22)21(18(20)24)14-9-7-13(19)8-10-14/h2-10,12H,11H2,1H3. The molecule has 128 valence electrons. The lowest BCUT2D eigenvalue weighted by Crippen LogP contribution is -2.43. The molecule has 25 heavy (non-hydrogen) atoms. The van der Waals surface area contributed by atoms with Crippen LogP contribution in [0.5, 0.6) is 5.75 Å². The van der Waals surface area contributed by atoms with Gasteiger partial charge in [-0.2, -0.15) is 0 Å². The summed E-state index contributed by atoms with van der Waals surface area (Å²) in [4.78, 5) is 39.1. The van der Waals surface area contributed by atoms with Gasteiger partial charge in [0.2, 0.25) is 0 Å². The van der Waals surface area contributed by atoms with Gasteiger partial charge in [0.15, 0.2) is 6.10 Å². The molecule has 0 N–H and O–H groups in total. The molecule has 1 fully saturated rings. The van der Waals surface area contributed by atoms with Gasteiger partial charge in [-0.05, 0) is 43.3 Å². The molecule has 1 unspecified atom stereocenters. The van der Waals surface area contributed by atoms with Crippen LogP contribution in [0.3, 0.4) is 0 Å². The Kier molecular flexibility index (Phi) is 4.72. The van der Waals surface area contributed by atoms with Crippen molar-refractivity contribution in [1.82, 2.24) is 4.90 Å². The number of ether oxygens (including phenoxy) is 1. The van der Waals surface area contributed by atoms with E-state index in [9.17, 15) is 14.4 Å². The van der Waals surface area contributed by atoms with Crippen LogP contribution in [0.2, 0.25) is 5.02 Å². The molecule has 1 heterocycles. The quantitative estimate of drug-likeness (QED) is 0.788. The first kappa shape index (κ1) is 17.0. The van der Waals surface area contributed by atoms with E-state index >= 15 is 0 Å². The van der Waals surface area contributed by atoms with E-state index in [1.807, 2.05) is 6.07 Å². The fraction of sp³-hybridized carbons (Fsp3) is 0.167. The summed E-state index contributed by atoms with van der Waals surface area (Å²) >= 11 is 5.82. The summed E-state index contributed by atoms with van der Waals surface area (Å²) < 4.78 is 5.54. The molecule has 0 aromatic heterocycles. The van der Waals surface area contributed by atoms with E-state index in [0.717, 1.165) is 9.80 Å². The van der Waals surface area contributed by atoms with E-state index in [1.54, 1.807) is 48.5 Å². The zero-order chi connectivity index (χ0) is 18.0. The lowest BCUT2D eigenvalue weighted by molar-refractivity contribution is -0.135. The third kappa shape index (κ3) is 3.49. The average Bonchev–Trinajstić information content (AvgIpc) is 2.90. The lowest BCUT2D eigenvalue weighted by Gasteiger charge is -2.20. The highest BCUT2D eigenvalue weighted by atomic mass is 35.5. The predicted molar refractivity (Wildman–Crippen MR) is 92.6 cm³/mol. The van der Waals surface area contributed by atoms with Crippen molar-refractivity contribution < 1.29 is 19.1 Å². The van der Waals surface area contributed by atoms with Crippen LogP contribution in [0.25, 0.3) is 0 Å². The van der Waals surface area contributed by atoms with Gasteiger partial charge in [-0.15, -0.1) is 0 Å². The number of hydrogen-bond donors (Lipinski definition) is 0. The number of carbonyl (C=O) groups is 3. The molecule has 0 bridgehead atoms. The first-order valence-corrected chi connectivity index (χ1v) is 8.01. The fourth-order valence-electron chi connectivity index (χ4n) is 2.49. The summed E-state index contributed by atoms with van der Waals surface area (Å²) in [5, 5.41) is 0.487. The first-order valence-electron chi connectivity index (χ1n) is 7.63. The topological polar surface area (TPSA) is 66.9 Å². The van der Waals surface area contributed by atoms with Crippen LogP contribution in [-0.4, -0.2) is 35.4 Å². The van der Waals surface area contributed by atoms with Crippen LogP contribution in [0.15, 0.2) is 54.6 Å². The number of hydrogen-bond acceptors (Lipinski definition) is 4. The van der Waals surface area contributed by atoms with Crippen molar-refractivity contribution in [3.8, 4) is 5.75 Å². The molecule has 6 nitrogen and oxygen atoms in total. The Hall–Kier alpha value is -2.86. The Bertz CT molecular complexity index is 808. The van der Waals surface area contributed by atoms with Gasteiger partial charge in [0, 0.05) is 5.02 Å². The molecule has 3 rings (SSSR count). The number of imide groups is 2. The molecule has 1 atom stereocenters. The van der Waals surface area contributed by atoms with Gasteiger partial charge in [-0.1, -0.05) is 29.8 Å². The zero-order valence-electron chi connectivity index (χ0n) is 13.4. The van der Waals surface area contributed by atoms with E-state index in [4.69, 9.17) is 16.3 Å². The summed E-state index contributed by atoms with van der Waals surface area (Å²) in [6, 6.07) is 14.4. The molecule has 0 aliphatic carbocycles. The van der Waals surface area contributed by atoms with Crippen molar-refractivity contribution in [2.45, 2.75) is 13.0 Å². The molecule has 4 amide bonds. The highest BCUT2D eigenvalue weighted by Crippen LogP contribution is 2.24. The number of rotatable bonds is 4. The van der Waals surface area contributed by atoms with Crippen molar-refractivity contribution in [2.24, 2.45) is 0 Å². The number of anilines is 1. The Morgan fingerprint density at radius 3 is 2.36 bits per heavy atom. The van der Waals surface area contributed by atoms with Crippen LogP contribution < -0.4 is 9.64 Å². The monoisotopic (exact) mass is 358 g/mol. The minimum absolute atomic E-state index is 0.317. The largest absolute Gasteiger partial charge is 0.481 e. The van der Waals surface area contributed by atoms with Crippen LogP contribution in [0, 0.1) is 0 Å². The number of carbonyl (C=O) groups excluding carboxylic acids is 3. The molecule has 1 saturated heterocycles. The second-order valence-corrected chi connectivity index (χ2v) is 5.92. The third-order valence-corrected chi connectivity index (χ3v) is 3.97. The summed E-state index contributed by atoms with van der Waals surface area (Å²) in [7, 11) is 0. The number of amides is 4. The minimum atomic E-state index is -0.899. The zero-order valence-corrected chi connectivity index (χ0v) is 14.1. The summed E-state index contributed by atoms with van der Waals surface area (Å²) in [6.45, 7) is 1.22. The molecule has 2 aromatic rings. The van der Waals surface area contributed by atoms with Crippen molar-refractivity contribution >= 4 is 35.1 Å². The fourth-order valence-corrected chi connectivity index (χ4v) is 2.62. The molecule has 0 spiro atoms. The van der Waals surface area contributed by atoms with Gasteiger partial charge in [0.1, 0.15) is 12.3 Å². The minimum Gasteiger partial charge on any atom is -0.481 e. The summed E-state index contributed by atoms with van der Waals surface area (Å²) in [6.07, 6.45) is -0.899. The number of para-hydroxylation sites is 1. The second-order valence-electron chi connectivity index (χ2n) is 5.49. The van der Waals surface area contributed by atoms with Crippen LogP contribution in [-0.2, 0) is 9.59 Å². The van der Waals surface area contributed by atoms with E-state index in [1.165, 1.54) is 6.92 Å². The second kappa shape index (κ2) is 6.94. The predicted octanol–water partition coefficient (Wildman–Crippen LogP) is 3.10. The number of urea groups is 1. The molecular formula is C18H15ClN2O4. The maximum atomic E-state index is 12.5. The van der Waals surface area contributed by atoms with Crippen molar-refractivity contribution in [2.75, 3.05) is 11.4 Å². The van der Waals surface area contributed by atoms with E-state index in [2.05, 4.69) is 0 Å². The maximum Gasteiger partial charge on any atom is 0.338 e. The SMILES string of the molecule is CC(Oc1ccccc1)C(=O)N1CC(=O)N(c2ccc(Cl)cc2)C1=O. The van der Waals surface area contributed by atoms with Crippen molar-refractivity contribution in [3.05, 3.63) is 59.6 Å². The highest BCUT2D eigenvalue weighted by Gasteiger charge is 2.42. The molecule has 7 heteroatoms. The molecular weight excluding hydrogens is 344 g/mol. The third-order valence-electron chi connectivity index (χ3n) is 3.72. The van der Waals surface area contributed by atoms with Gasteiger partial charge in [0.05, 0.1) is 5.69 Å². The smallest absolute Gasteiger partial charge is 0.338 e. The van der Waals surface area contributed by atoms with Gasteiger partial charge >= 0.3 is 6.03 Å². The van der Waals surface area contributed by atoms with Gasteiger partial charge < -0.3 is 4.74 Å². The van der Waals surface area contributed by atoms with E-state index < -0.39 is 23.9 Å². The highest BCUT2D eigenvalue weighted by molar-refractivity contribution is 6.31. The van der Waals surface area contributed by atoms with Crippen LogP contribution in [0.1, 0.15) is 6.92 Å². The maximum absolute atomic E-state index is 12.5. The average molecular weight is 359 g/mol. The Balaban J connectivity index is 1.74. The Morgan fingerprint density at radius 2 is 1.72 bits per heavy atom. The molecule has 2 aromatic carbocycles. The first-order chi connectivity index (χ1) is 12.0. The van der Waals surface area contributed by atoms with Gasteiger partial charge in [-0.3, -0.25) is 14.5 Å².